The van der Waals surface area contributed by atoms with Gasteiger partial charge in [0.05, 0.1) is 18.0 Å². The van der Waals surface area contributed by atoms with Crippen LogP contribution in [0.1, 0.15) is 28.9 Å². The molecule has 0 aliphatic carbocycles. The number of aromatic nitrogens is 1. The van der Waals surface area contributed by atoms with Crippen molar-refractivity contribution < 1.29 is 9.53 Å². The second kappa shape index (κ2) is 7.64. The number of carbonyl (C=O) groups is 1. The van der Waals surface area contributed by atoms with Crippen molar-refractivity contribution in [3.63, 3.8) is 0 Å². The van der Waals surface area contributed by atoms with Gasteiger partial charge >= 0.3 is 0 Å². The first-order valence-corrected chi connectivity index (χ1v) is 8.38. The molecule has 1 unspecified atom stereocenters. The first-order valence-electron chi connectivity index (χ1n) is 8.01. The zero-order valence-corrected chi connectivity index (χ0v) is 14.3. The highest BCUT2D eigenvalue weighted by Gasteiger charge is 2.17. The van der Waals surface area contributed by atoms with Crippen LogP contribution in [0.4, 0.5) is 11.4 Å². The van der Waals surface area contributed by atoms with Gasteiger partial charge in [0, 0.05) is 23.9 Å². The lowest BCUT2D eigenvalue weighted by atomic mass is 10.2. The summed E-state index contributed by atoms with van der Waals surface area (Å²) in [6.45, 7) is 3.27. The number of ether oxygens (including phenoxy) is 1. The van der Waals surface area contributed by atoms with E-state index in [1.165, 1.54) is 0 Å². The Kier molecular flexibility index (Phi) is 5.33. The van der Waals surface area contributed by atoms with E-state index in [0.29, 0.717) is 17.3 Å². The molecule has 1 aliphatic heterocycles. The molecule has 3 rings (SSSR count). The van der Waals surface area contributed by atoms with Crippen LogP contribution in [0.15, 0.2) is 36.5 Å². The third-order valence-corrected chi connectivity index (χ3v) is 4.38. The molecule has 1 aromatic carbocycles. The molecule has 1 amide bonds. The van der Waals surface area contributed by atoms with Gasteiger partial charge < -0.3 is 15.4 Å². The summed E-state index contributed by atoms with van der Waals surface area (Å²) in [5.74, 6) is -0.185. The number of rotatable bonds is 5. The molecule has 2 N–H and O–H groups in total. The van der Waals surface area contributed by atoms with Crippen LogP contribution in [-0.4, -0.2) is 30.1 Å². The average molecular weight is 346 g/mol. The van der Waals surface area contributed by atoms with Gasteiger partial charge in [-0.15, -0.1) is 0 Å². The van der Waals surface area contributed by atoms with Crippen LogP contribution in [0, 0.1) is 6.92 Å². The minimum absolute atomic E-state index is 0.126. The van der Waals surface area contributed by atoms with Crippen molar-refractivity contribution in [3.8, 4) is 0 Å². The molecule has 1 fully saturated rings. The SMILES string of the molecule is Cc1ccc(Nc2ccc(C(=O)NCC3CCCO3)nc2)cc1Cl. The maximum atomic E-state index is 12.1. The number of benzene rings is 1. The fourth-order valence-electron chi connectivity index (χ4n) is 2.54. The molecule has 1 saturated heterocycles. The molecule has 5 nitrogen and oxygen atoms in total. The van der Waals surface area contributed by atoms with Crippen molar-refractivity contribution in [1.82, 2.24) is 10.3 Å². The van der Waals surface area contributed by atoms with Gasteiger partial charge in [-0.25, -0.2) is 4.98 Å². The van der Waals surface area contributed by atoms with E-state index < -0.39 is 0 Å². The van der Waals surface area contributed by atoms with Gasteiger partial charge in [-0.1, -0.05) is 17.7 Å². The van der Waals surface area contributed by atoms with E-state index in [-0.39, 0.29) is 12.0 Å². The Hall–Kier alpha value is -2.11. The van der Waals surface area contributed by atoms with Crippen molar-refractivity contribution in [2.75, 3.05) is 18.5 Å². The lowest BCUT2D eigenvalue weighted by Gasteiger charge is -2.11. The molecule has 0 bridgehead atoms. The number of aryl methyl sites for hydroxylation is 1. The molecule has 1 aromatic heterocycles. The van der Waals surface area contributed by atoms with E-state index in [2.05, 4.69) is 15.6 Å². The smallest absolute Gasteiger partial charge is 0.269 e. The van der Waals surface area contributed by atoms with Gasteiger partial charge in [-0.2, -0.15) is 0 Å². The van der Waals surface area contributed by atoms with Crippen LogP contribution >= 0.6 is 11.6 Å². The topological polar surface area (TPSA) is 63.2 Å². The summed E-state index contributed by atoms with van der Waals surface area (Å²) in [4.78, 5) is 16.3. The number of hydrogen-bond acceptors (Lipinski definition) is 4. The van der Waals surface area contributed by atoms with Crippen molar-refractivity contribution in [2.45, 2.75) is 25.9 Å². The highest BCUT2D eigenvalue weighted by molar-refractivity contribution is 6.31. The summed E-state index contributed by atoms with van der Waals surface area (Å²) in [5, 5.41) is 6.78. The van der Waals surface area contributed by atoms with Gasteiger partial charge in [-0.05, 0) is 49.6 Å². The lowest BCUT2D eigenvalue weighted by molar-refractivity contribution is 0.0854. The molecule has 0 saturated carbocycles. The third kappa shape index (κ3) is 4.24. The Bertz CT molecular complexity index is 713. The second-order valence-corrected chi connectivity index (χ2v) is 6.27. The molecule has 24 heavy (non-hydrogen) atoms. The Morgan fingerprint density at radius 1 is 1.33 bits per heavy atom. The first-order chi connectivity index (χ1) is 11.6. The highest BCUT2D eigenvalue weighted by atomic mass is 35.5. The van der Waals surface area contributed by atoms with Gasteiger partial charge in [0.25, 0.3) is 5.91 Å². The van der Waals surface area contributed by atoms with Crippen LogP contribution in [0.2, 0.25) is 5.02 Å². The maximum absolute atomic E-state index is 12.1. The normalized spacial score (nSPS) is 16.8. The summed E-state index contributed by atoms with van der Waals surface area (Å²) in [6.07, 6.45) is 3.81. The van der Waals surface area contributed by atoms with Crippen molar-refractivity contribution in [1.29, 1.82) is 0 Å². The van der Waals surface area contributed by atoms with Crippen LogP contribution in [0.25, 0.3) is 0 Å². The number of halogens is 1. The Morgan fingerprint density at radius 3 is 2.83 bits per heavy atom. The highest BCUT2D eigenvalue weighted by Crippen LogP contribution is 2.23. The Morgan fingerprint density at radius 2 is 2.17 bits per heavy atom. The van der Waals surface area contributed by atoms with Gasteiger partial charge in [0.15, 0.2) is 0 Å². The minimum atomic E-state index is -0.185. The quantitative estimate of drug-likeness (QED) is 0.867. The number of nitrogens with one attached hydrogen (secondary N) is 2. The predicted octanol–water partition coefficient (Wildman–Crippen LogP) is 3.70. The molecular weight excluding hydrogens is 326 g/mol. The molecular formula is C18H20ClN3O2. The first kappa shape index (κ1) is 16.7. The summed E-state index contributed by atoms with van der Waals surface area (Å²) in [5.41, 5.74) is 3.09. The number of carbonyl (C=O) groups excluding carboxylic acids is 1. The number of anilines is 2. The average Bonchev–Trinajstić information content (AvgIpc) is 3.10. The van der Waals surface area contributed by atoms with Crippen LogP contribution < -0.4 is 10.6 Å². The van der Waals surface area contributed by atoms with Gasteiger partial charge in [0.2, 0.25) is 0 Å². The second-order valence-electron chi connectivity index (χ2n) is 5.87. The number of amides is 1. The fourth-order valence-corrected chi connectivity index (χ4v) is 2.72. The zero-order valence-electron chi connectivity index (χ0n) is 13.5. The summed E-state index contributed by atoms with van der Waals surface area (Å²) < 4.78 is 5.49. The summed E-state index contributed by atoms with van der Waals surface area (Å²) >= 11 is 6.12. The Labute approximate surface area is 146 Å². The third-order valence-electron chi connectivity index (χ3n) is 3.97. The molecule has 2 heterocycles. The largest absolute Gasteiger partial charge is 0.376 e. The van der Waals surface area contributed by atoms with Crippen LogP contribution in [-0.2, 0) is 4.74 Å². The summed E-state index contributed by atoms with van der Waals surface area (Å²) in [6, 6.07) is 9.28. The molecule has 0 radical (unpaired) electrons. The monoisotopic (exact) mass is 345 g/mol. The van der Waals surface area contributed by atoms with Crippen molar-refractivity contribution >= 4 is 28.9 Å². The van der Waals surface area contributed by atoms with E-state index in [1.54, 1.807) is 12.3 Å². The van der Waals surface area contributed by atoms with E-state index in [4.69, 9.17) is 16.3 Å². The van der Waals surface area contributed by atoms with Crippen LogP contribution in [0.3, 0.4) is 0 Å². The van der Waals surface area contributed by atoms with E-state index in [9.17, 15) is 4.79 Å². The number of hydrogen-bond donors (Lipinski definition) is 2. The standard InChI is InChI=1S/C18H20ClN3O2/c1-12-4-5-13(9-16(12)19)22-14-6-7-17(20-10-14)18(23)21-11-15-3-2-8-24-15/h4-7,9-10,15,22H,2-3,8,11H2,1H3,(H,21,23). The molecule has 0 spiro atoms. The maximum Gasteiger partial charge on any atom is 0.269 e. The predicted molar refractivity (Wildman–Crippen MR) is 95.0 cm³/mol. The molecule has 1 aliphatic rings. The van der Waals surface area contributed by atoms with Gasteiger partial charge in [-0.3, -0.25) is 4.79 Å². The van der Waals surface area contributed by atoms with E-state index in [1.807, 2.05) is 31.2 Å². The molecule has 6 heteroatoms. The lowest BCUT2D eigenvalue weighted by Crippen LogP contribution is -2.32. The van der Waals surface area contributed by atoms with Gasteiger partial charge in [0.1, 0.15) is 5.69 Å². The minimum Gasteiger partial charge on any atom is -0.376 e. The molecule has 126 valence electrons. The number of nitrogens with zero attached hydrogens (tertiary/aromatic N) is 1. The Balaban J connectivity index is 1.57. The molecule has 2 aromatic rings. The zero-order chi connectivity index (χ0) is 16.9. The van der Waals surface area contributed by atoms with E-state index in [0.717, 1.165) is 36.4 Å². The van der Waals surface area contributed by atoms with E-state index >= 15 is 0 Å². The fraction of sp³-hybridized carbons (Fsp3) is 0.333. The van der Waals surface area contributed by atoms with Crippen molar-refractivity contribution in [3.05, 3.63) is 52.8 Å². The van der Waals surface area contributed by atoms with Crippen molar-refractivity contribution in [2.24, 2.45) is 0 Å². The summed E-state index contributed by atoms with van der Waals surface area (Å²) in [7, 11) is 0. The number of pyridine rings is 1. The molecule has 1 atom stereocenters. The van der Waals surface area contributed by atoms with Crippen LogP contribution in [0.5, 0.6) is 0 Å².